The Hall–Kier alpha value is -3.12. The molecule has 0 unspecified atom stereocenters. The summed E-state index contributed by atoms with van der Waals surface area (Å²) < 4.78 is 28.0. The zero-order valence-electron chi connectivity index (χ0n) is 17.5. The van der Waals surface area contributed by atoms with Crippen LogP contribution in [0.15, 0.2) is 83.8 Å². The maximum absolute atomic E-state index is 13.4. The number of hydrogen-bond donors (Lipinski definition) is 1. The average molecular weight is 435 g/mol. The SMILES string of the molecule is Cc1cccc(N(CC(=O)N[C@H]2CCCc3ccccc32)S(=O)(=O)c2ccccc2)c1. The Morgan fingerprint density at radius 2 is 1.74 bits per heavy atom. The van der Waals surface area contributed by atoms with Crippen LogP contribution in [-0.2, 0) is 21.2 Å². The van der Waals surface area contributed by atoms with Gasteiger partial charge in [-0.3, -0.25) is 9.10 Å². The molecule has 31 heavy (non-hydrogen) atoms. The Kier molecular flexibility index (Phi) is 6.09. The van der Waals surface area contributed by atoms with E-state index in [4.69, 9.17) is 0 Å². The molecule has 0 saturated carbocycles. The lowest BCUT2D eigenvalue weighted by Crippen LogP contribution is -2.42. The Bertz CT molecular complexity index is 1180. The average Bonchev–Trinajstić information content (AvgIpc) is 2.78. The van der Waals surface area contributed by atoms with Crippen LogP contribution in [0.2, 0.25) is 0 Å². The molecule has 1 N–H and O–H groups in total. The fraction of sp³-hybridized carbons (Fsp3) is 0.240. The highest BCUT2D eigenvalue weighted by Gasteiger charge is 2.29. The minimum atomic E-state index is -3.89. The van der Waals surface area contributed by atoms with Gasteiger partial charge in [0.05, 0.1) is 16.6 Å². The van der Waals surface area contributed by atoms with Gasteiger partial charge in [0.15, 0.2) is 0 Å². The van der Waals surface area contributed by atoms with Gasteiger partial charge in [0, 0.05) is 0 Å². The van der Waals surface area contributed by atoms with Crippen LogP contribution in [0.3, 0.4) is 0 Å². The van der Waals surface area contributed by atoms with Crippen LogP contribution in [0, 0.1) is 6.92 Å². The molecule has 6 heteroatoms. The van der Waals surface area contributed by atoms with E-state index in [0.29, 0.717) is 5.69 Å². The van der Waals surface area contributed by atoms with E-state index >= 15 is 0 Å². The quantitative estimate of drug-likeness (QED) is 0.626. The van der Waals surface area contributed by atoms with Crippen molar-refractivity contribution in [2.45, 2.75) is 37.1 Å². The van der Waals surface area contributed by atoms with Crippen LogP contribution in [0.25, 0.3) is 0 Å². The lowest BCUT2D eigenvalue weighted by atomic mass is 9.88. The van der Waals surface area contributed by atoms with Gasteiger partial charge in [-0.2, -0.15) is 0 Å². The van der Waals surface area contributed by atoms with Gasteiger partial charge in [0.2, 0.25) is 5.91 Å². The molecule has 4 rings (SSSR count). The highest BCUT2D eigenvalue weighted by atomic mass is 32.2. The van der Waals surface area contributed by atoms with Crippen molar-refractivity contribution in [2.24, 2.45) is 0 Å². The number of carbonyl (C=O) groups excluding carboxylic acids is 1. The molecular formula is C25H26N2O3S. The first-order valence-electron chi connectivity index (χ1n) is 10.5. The highest BCUT2D eigenvalue weighted by Crippen LogP contribution is 2.30. The van der Waals surface area contributed by atoms with E-state index in [2.05, 4.69) is 11.4 Å². The molecule has 1 atom stereocenters. The van der Waals surface area contributed by atoms with Crippen LogP contribution in [0.5, 0.6) is 0 Å². The van der Waals surface area contributed by atoms with Crippen LogP contribution >= 0.6 is 0 Å². The van der Waals surface area contributed by atoms with E-state index in [9.17, 15) is 13.2 Å². The number of nitrogens with one attached hydrogen (secondary N) is 1. The molecule has 0 fully saturated rings. The van der Waals surface area contributed by atoms with Crippen molar-refractivity contribution >= 4 is 21.6 Å². The summed E-state index contributed by atoms with van der Waals surface area (Å²) in [5.74, 6) is -0.317. The molecule has 0 radical (unpaired) electrons. The summed E-state index contributed by atoms with van der Waals surface area (Å²) in [7, 11) is -3.89. The van der Waals surface area contributed by atoms with E-state index < -0.39 is 10.0 Å². The van der Waals surface area contributed by atoms with E-state index in [1.807, 2.05) is 31.2 Å². The highest BCUT2D eigenvalue weighted by molar-refractivity contribution is 7.92. The molecule has 1 aliphatic carbocycles. The number of hydrogen-bond acceptors (Lipinski definition) is 3. The van der Waals surface area contributed by atoms with Gasteiger partial charge in [0.1, 0.15) is 6.54 Å². The van der Waals surface area contributed by atoms with Gasteiger partial charge in [-0.05, 0) is 67.1 Å². The minimum absolute atomic E-state index is 0.101. The second-order valence-electron chi connectivity index (χ2n) is 7.87. The molecule has 1 aliphatic rings. The first-order valence-corrected chi connectivity index (χ1v) is 11.9. The Labute approximate surface area is 183 Å². The number of aryl methyl sites for hydroxylation is 2. The van der Waals surface area contributed by atoms with Gasteiger partial charge in [-0.15, -0.1) is 0 Å². The molecule has 0 saturated heterocycles. The molecule has 0 aromatic heterocycles. The van der Waals surface area contributed by atoms with Crippen LogP contribution in [0.4, 0.5) is 5.69 Å². The first kappa shape index (κ1) is 21.1. The molecule has 1 amide bonds. The predicted octanol–water partition coefficient (Wildman–Crippen LogP) is 4.38. The van der Waals surface area contributed by atoms with Crippen molar-refractivity contribution in [2.75, 3.05) is 10.8 Å². The number of carbonyl (C=O) groups is 1. The summed E-state index contributed by atoms with van der Waals surface area (Å²) in [5.41, 5.74) is 3.76. The van der Waals surface area contributed by atoms with Gasteiger partial charge in [-0.1, -0.05) is 54.6 Å². The monoisotopic (exact) mass is 434 g/mol. The van der Waals surface area contributed by atoms with Gasteiger partial charge in [0.25, 0.3) is 10.0 Å². The molecule has 0 aliphatic heterocycles. The second kappa shape index (κ2) is 8.94. The Morgan fingerprint density at radius 3 is 2.52 bits per heavy atom. The van der Waals surface area contributed by atoms with Crippen molar-refractivity contribution in [3.63, 3.8) is 0 Å². The molecule has 160 valence electrons. The van der Waals surface area contributed by atoms with Crippen molar-refractivity contribution in [3.05, 3.63) is 95.6 Å². The molecule has 3 aromatic carbocycles. The molecule has 0 spiro atoms. The summed E-state index contributed by atoms with van der Waals surface area (Å²) in [5, 5.41) is 3.07. The van der Waals surface area contributed by atoms with Crippen LogP contribution in [0.1, 0.15) is 35.6 Å². The maximum Gasteiger partial charge on any atom is 0.264 e. The zero-order chi connectivity index (χ0) is 21.8. The standard InChI is InChI=1S/C25H26N2O3S/c1-19-9-7-12-21(17-19)27(31(29,30)22-13-3-2-4-14-22)18-25(28)26-24-16-8-11-20-10-5-6-15-23(20)24/h2-7,9-10,12-15,17,24H,8,11,16,18H2,1H3,(H,26,28)/t24-/m0/s1. The number of fused-ring (bicyclic) bond motifs is 1. The fourth-order valence-electron chi connectivity index (χ4n) is 4.09. The van der Waals surface area contributed by atoms with Gasteiger partial charge >= 0.3 is 0 Å². The normalized spacial score (nSPS) is 15.7. The van der Waals surface area contributed by atoms with E-state index in [1.165, 1.54) is 9.87 Å². The number of nitrogens with zero attached hydrogens (tertiary/aromatic N) is 1. The largest absolute Gasteiger partial charge is 0.348 e. The lowest BCUT2D eigenvalue weighted by Gasteiger charge is -2.29. The molecule has 0 bridgehead atoms. The lowest BCUT2D eigenvalue weighted by molar-refractivity contribution is -0.120. The number of rotatable bonds is 6. The second-order valence-corrected chi connectivity index (χ2v) is 9.74. The summed E-state index contributed by atoms with van der Waals surface area (Å²) in [6.07, 6.45) is 2.84. The third-order valence-corrected chi connectivity index (χ3v) is 7.40. The zero-order valence-corrected chi connectivity index (χ0v) is 18.3. The predicted molar refractivity (Wildman–Crippen MR) is 122 cm³/mol. The van der Waals surface area contributed by atoms with E-state index in [1.54, 1.807) is 48.5 Å². The number of amides is 1. The van der Waals surface area contributed by atoms with Crippen molar-refractivity contribution in [3.8, 4) is 0 Å². The molecule has 3 aromatic rings. The van der Waals surface area contributed by atoms with Gasteiger partial charge < -0.3 is 5.32 Å². The minimum Gasteiger partial charge on any atom is -0.348 e. The number of benzene rings is 3. The molecular weight excluding hydrogens is 408 g/mol. The summed E-state index contributed by atoms with van der Waals surface area (Å²) in [6, 6.07) is 23.4. The van der Waals surface area contributed by atoms with E-state index in [-0.39, 0.29) is 23.4 Å². The molecule has 0 heterocycles. The van der Waals surface area contributed by atoms with E-state index in [0.717, 1.165) is 30.4 Å². The van der Waals surface area contributed by atoms with Gasteiger partial charge in [-0.25, -0.2) is 8.42 Å². The first-order chi connectivity index (χ1) is 14.9. The number of anilines is 1. The Balaban J connectivity index is 1.62. The molecule has 5 nitrogen and oxygen atoms in total. The third-order valence-electron chi connectivity index (χ3n) is 5.61. The summed E-state index contributed by atoms with van der Waals surface area (Å²) in [4.78, 5) is 13.2. The fourth-order valence-corrected chi connectivity index (χ4v) is 5.53. The number of sulfonamides is 1. The van der Waals surface area contributed by atoms with Crippen molar-refractivity contribution in [1.29, 1.82) is 0 Å². The Morgan fingerprint density at radius 1 is 1.00 bits per heavy atom. The smallest absolute Gasteiger partial charge is 0.264 e. The maximum atomic E-state index is 13.4. The van der Waals surface area contributed by atoms with Crippen molar-refractivity contribution in [1.82, 2.24) is 5.32 Å². The van der Waals surface area contributed by atoms with Crippen LogP contribution in [-0.4, -0.2) is 20.9 Å². The summed E-state index contributed by atoms with van der Waals surface area (Å²) >= 11 is 0. The summed E-state index contributed by atoms with van der Waals surface area (Å²) in [6.45, 7) is 1.62. The third kappa shape index (κ3) is 4.64. The topological polar surface area (TPSA) is 66.5 Å². The van der Waals surface area contributed by atoms with Crippen molar-refractivity contribution < 1.29 is 13.2 Å². The van der Waals surface area contributed by atoms with Crippen LogP contribution < -0.4 is 9.62 Å².